The van der Waals surface area contributed by atoms with E-state index in [0.717, 1.165) is 0 Å². The molecule has 1 radical (unpaired) electrons. The summed E-state index contributed by atoms with van der Waals surface area (Å²) in [6.45, 7) is 6.73. The zero-order valence-corrected chi connectivity index (χ0v) is 4.24. The standard InChI is InChI=1S/C5H10F/c1-4(2)5(3)6/h4-5H,1H2,2-3H3. The third kappa shape index (κ3) is 2.18. The summed E-state index contributed by atoms with van der Waals surface area (Å²) in [5, 5.41) is 0. The fourth-order valence-electron chi connectivity index (χ4n) is 0. The summed E-state index contributed by atoms with van der Waals surface area (Å²) in [6, 6.07) is 0. The summed E-state index contributed by atoms with van der Waals surface area (Å²) in [4.78, 5) is 0. The molecule has 0 rings (SSSR count). The van der Waals surface area contributed by atoms with Gasteiger partial charge in [0, 0.05) is 0 Å². The molecule has 0 aromatic rings. The van der Waals surface area contributed by atoms with Gasteiger partial charge >= 0.3 is 0 Å². The Morgan fingerprint density at radius 2 is 1.67 bits per heavy atom. The SMILES string of the molecule is [CH2]C(C)C(C)F. The van der Waals surface area contributed by atoms with Crippen molar-refractivity contribution in [2.24, 2.45) is 5.92 Å². The van der Waals surface area contributed by atoms with Crippen molar-refractivity contribution in [3.63, 3.8) is 0 Å². The van der Waals surface area contributed by atoms with Crippen molar-refractivity contribution in [2.45, 2.75) is 20.0 Å². The molecule has 0 heterocycles. The van der Waals surface area contributed by atoms with Gasteiger partial charge in [-0.1, -0.05) is 6.92 Å². The summed E-state index contributed by atoms with van der Waals surface area (Å²) in [6.07, 6.45) is -0.759. The van der Waals surface area contributed by atoms with E-state index in [4.69, 9.17) is 0 Å². The fourth-order valence-corrected chi connectivity index (χ4v) is 0. The Bertz CT molecular complexity index is 24.9. The first-order valence-electron chi connectivity index (χ1n) is 2.11. The van der Waals surface area contributed by atoms with E-state index in [2.05, 4.69) is 6.92 Å². The first kappa shape index (κ1) is 5.93. The summed E-state index contributed by atoms with van der Waals surface area (Å²) in [7, 11) is 0. The third-order valence-electron chi connectivity index (χ3n) is 0.784. The average Bonchev–Trinajstić information content (AvgIpc) is 1.36. The molecule has 0 bridgehead atoms. The van der Waals surface area contributed by atoms with Gasteiger partial charge in [-0.05, 0) is 19.8 Å². The first-order chi connectivity index (χ1) is 2.64. The van der Waals surface area contributed by atoms with Gasteiger partial charge < -0.3 is 0 Å². The largest absolute Gasteiger partial charge is 0.248 e. The lowest BCUT2D eigenvalue weighted by Crippen LogP contribution is -2.01. The second kappa shape index (κ2) is 2.17. The highest BCUT2D eigenvalue weighted by molar-refractivity contribution is 4.59. The Labute approximate surface area is 38.4 Å². The van der Waals surface area contributed by atoms with Crippen LogP contribution in [0.15, 0.2) is 0 Å². The predicted molar refractivity (Wildman–Crippen MR) is 25.1 cm³/mol. The maximum Gasteiger partial charge on any atom is 0.0998 e. The molecule has 0 aromatic carbocycles. The maximum absolute atomic E-state index is 11.8. The molecule has 0 nitrogen and oxygen atoms in total. The predicted octanol–water partition coefficient (Wildman–Crippen LogP) is 1.81. The lowest BCUT2D eigenvalue weighted by molar-refractivity contribution is 0.299. The first-order valence-corrected chi connectivity index (χ1v) is 2.11. The minimum absolute atomic E-state index is 0.0648. The van der Waals surface area contributed by atoms with Gasteiger partial charge in [0.25, 0.3) is 0 Å². The van der Waals surface area contributed by atoms with E-state index in [1.54, 1.807) is 6.92 Å². The normalized spacial score (nSPS) is 15.5. The molecule has 6 heavy (non-hydrogen) atoms. The van der Waals surface area contributed by atoms with Crippen molar-refractivity contribution < 1.29 is 4.39 Å². The van der Waals surface area contributed by atoms with Crippen molar-refractivity contribution in [2.75, 3.05) is 0 Å². The Kier molecular flexibility index (Phi) is 2.14. The monoisotopic (exact) mass is 89.1 g/mol. The molecule has 0 aliphatic carbocycles. The molecule has 0 aromatic heterocycles. The van der Waals surface area contributed by atoms with E-state index >= 15 is 0 Å². The van der Waals surface area contributed by atoms with Crippen LogP contribution in [0.1, 0.15) is 13.8 Å². The summed E-state index contributed by atoms with van der Waals surface area (Å²) < 4.78 is 11.8. The van der Waals surface area contributed by atoms with Crippen LogP contribution in [0.5, 0.6) is 0 Å². The summed E-state index contributed by atoms with van der Waals surface area (Å²) >= 11 is 0. The van der Waals surface area contributed by atoms with Crippen molar-refractivity contribution in [1.82, 2.24) is 0 Å². The van der Waals surface area contributed by atoms with Gasteiger partial charge in [0.15, 0.2) is 0 Å². The average molecular weight is 89.1 g/mol. The van der Waals surface area contributed by atoms with Gasteiger partial charge in [0.2, 0.25) is 0 Å². The highest BCUT2D eigenvalue weighted by Crippen LogP contribution is 2.01. The Balaban J connectivity index is 2.99. The molecule has 0 aliphatic heterocycles. The van der Waals surface area contributed by atoms with Crippen LogP contribution in [0, 0.1) is 12.8 Å². The van der Waals surface area contributed by atoms with Crippen LogP contribution in [0.25, 0.3) is 0 Å². The van der Waals surface area contributed by atoms with Crippen LogP contribution in [0.4, 0.5) is 4.39 Å². The van der Waals surface area contributed by atoms with Gasteiger partial charge in [-0.3, -0.25) is 0 Å². The quantitative estimate of drug-likeness (QED) is 0.459. The molecular formula is C5H10F. The summed E-state index contributed by atoms with van der Waals surface area (Å²) in [5.41, 5.74) is 0. The minimum Gasteiger partial charge on any atom is -0.248 e. The zero-order chi connectivity index (χ0) is 5.15. The Morgan fingerprint density at radius 1 is 1.50 bits per heavy atom. The van der Waals surface area contributed by atoms with Gasteiger partial charge in [0.1, 0.15) is 0 Å². The molecule has 0 aliphatic rings. The van der Waals surface area contributed by atoms with Gasteiger partial charge in [0.05, 0.1) is 6.17 Å². The van der Waals surface area contributed by atoms with Gasteiger partial charge in [-0.2, -0.15) is 0 Å². The number of alkyl halides is 1. The second-order valence-corrected chi connectivity index (χ2v) is 1.65. The van der Waals surface area contributed by atoms with Crippen molar-refractivity contribution >= 4 is 0 Å². The highest BCUT2D eigenvalue weighted by Gasteiger charge is 2.00. The van der Waals surface area contributed by atoms with E-state index < -0.39 is 6.17 Å². The zero-order valence-electron chi connectivity index (χ0n) is 4.24. The molecule has 2 atom stereocenters. The molecular weight excluding hydrogens is 79.1 g/mol. The van der Waals surface area contributed by atoms with Gasteiger partial charge in [-0.15, -0.1) is 0 Å². The van der Waals surface area contributed by atoms with Crippen LogP contribution in [-0.4, -0.2) is 6.17 Å². The molecule has 0 fully saturated rings. The topological polar surface area (TPSA) is 0 Å². The maximum atomic E-state index is 11.8. The minimum atomic E-state index is -0.759. The van der Waals surface area contributed by atoms with E-state index in [1.807, 2.05) is 0 Å². The molecule has 37 valence electrons. The van der Waals surface area contributed by atoms with Crippen molar-refractivity contribution in [1.29, 1.82) is 0 Å². The molecule has 0 N–H and O–H groups in total. The van der Waals surface area contributed by atoms with Crippen LogP contribution < -0.4 is 0 Å². The smallest absolute Gasteiger partial charge is 0.0998 e. The fraction of sp³-hybridized carbons (Fsp3) is 0.800. The Hall–Kier alpha value is -0.0700. The van der Waals surface area contributed by atoms with Crippen LogP contribution in [-0.2, 0) is 0 Å². The highest BCUT2D eigenvalue weighted by atomic mass is 19.1. The van der Waals surface area contributed by atoms with Gasteiger partial charge in [-0.25, -0.2) is 4.39 Å². The molecule has 0 amide bonds. The molecule has 0 spiro atoms. The molecule has 2 unspecified atom stereocenters. The molecule has 1 heteroatoms. The third-order valence-corrected chi connectivity index (χ3v) is 0.784. The van der Waals surface area contributed by atoms with Crippen LogP contribution in [0.3, 0.4) is 0 Å². The Morgan fingerprint density at radius 3 is 1.67 bits per heavy atom. The van der Waals surface area contributed by atoms with E-state index in [0.29, 0.717) is 0 Å². The number of halogens is 1. The van der Waals surface area contributed by atoms with Crippen molar-refractivity contribution in [3.8, 4) is 0 Å². The van der Waals surface area contributed by atoms with Crippen LogP contribution in [0.2, 0.25) is 0 Å². The van der Waals surface area contributed by atoms with E-state index in [-0.39, 0.29) is 5.92 Å². The number of rotatable bonds is 1. The number of hydrogen-bond donors (Lipinski definition) is 0. The lowest BCUT2D eigenvalue weighted by Gasteiger charge is -2.01. The molecule has 0 saturated carbocycles. The second-order valence-electron chi connectivity index (χ2n) is 1.65. The molecule has 0 saturated heterocycles. The number of hydrogen-bond acceptors (Lipinski definition) is 0. The summed E-state index contributed by atoms with van der Waals surface area (Å²) in [5.74, 6) is -0.0648. The van der Waals surface area contributed by atoms with Crippen LogP contribution >= 0.6 is 0 Å². The lowest BCUT2D eigenvalue weighted by atomic mass is 10.1. The van der Waals surface area contributed by atoms with Crippen molar-refractivity contribution in [3.05, 3.63) is 6.92 Å². The van der Waals surface area contributed by atoms with E-state index in [9.17, 15) is 4.39 Å². The van der Waals surface area contributed by atoms with E-state index in [1.165, 1.54) is 6.92 Å².